The molecule has 1 aromatic heterocycles. The Morgan fingerprint density at radius 3 is 2.44 bits per heavy atom. The molecule has 0 saturated carbocycles. The van der Waals surface area contributed by atoms with Crippen LogP contribution in [0.4, 0.5) is 4.79 Å². The van der Waals surface area contributed by atoms with Gasteiger partial charge in [0.05, 0.1) is 25.8 Å². The molecule has 2 aromatic carbocycles. The van der Waals surface area contributed by atoms with Crippen LogP contribution in [0.2, 0.25) is 0 Å². The number of carbonyl (C=O) groups is 1. The highest BCUT2D eigenvalue weighted by atomic mass is 16.5. The van der Waals surface area contributed by atoms with E-state index < -0.39 is 6.04 Å². The molecule has 0 spiro atoms. The van der Waals surface area contributed by atoms with Crippen molar-refractivity contribution in [3.63, 3.8) is 0 Å². The number of aromatic nitrogens is 2. The number of ether oxygens (including phenoxy) is 2. The molecular formula is C28H34N4O4. The normalized spacial score (nSPS) is 15.9. The predicted molar refractivity (Wildman–Crippen MR) is 139 cm³/mol. The van der Waals surface area contributed by atoms with Gasteiger partial charge >= 0.3 is 6.03 Å². The zero-order chi connectivity index (χ0) is 26.0. The molecule has 3 aromatic rings. The molecule has 8 nitrogen and oxygen atoms in total. The summed E-state index contributed by atoms with van der Waals surface area (Å²) in [7, 11) is 3.18. The van der Waals surface area contributed by atoms with Crippen molar-refractivity contribution in [3.05, 3.63) is 64.7 Å². The molecule has 190 valence electrons. The van der Waals surface area contributed by atoms with Crippen molar-refractivity contribution >= 4 is 11.6 Å². The molecule has 36 heavy (non-hydrogen) atoms. The lowest BCUT2D eigenvalue weighted by atomic mass is 9.92. The van der Waals surface area contributed by atoms with Crippen molar-refractivity contribution in [3.8, 4) is 22.9 Å². The number of aryl methyl sites for hydroxylation is 2. The van der Waals surface area contributed by atoms with Gasteiger partial charge in [-0.05, 0) is 68.0 Å². The largest absolute Gasteiger partial charge is 0.493 e. The molecule has 4 rings (SSSR count). The van der Waals surface area contributed by atoms with Crippen LogP contribution in [-0.4, -0.2) is 41.8 Å². The predicted octanol–water partition coefficient (Wildman–Crippen LogP) is 5.91. The lowest BCUT2D eigenvalue weighted by Gasteiger charge is -2.35. The Hall–Kier alpha value is -3.81. The van der Waals surface area contributed by atoms with E-state index in [0.717, 1.165) is 34.4 Å². The number of nitrogens with zero attached hydrogens (tertiary/aromatic N) is 3. The number of carbonyl (C=O) groups excluding carboxylic acids is 1. The Morgan fingerprint density at radius 1 is 1.03 bits per heavy atom. The molecule has 8 heteroatoms. The van der Waals surface area contributed by atoms with E-state index in [2.05, 4.69) is 50.3 Å². The second-order valence-electron chi connectivity index (χ2n) is 9.55. The smallest absolute Gasteiger partial charge is 0.322 e. The van der Waals surface area contributed by atoms with E-state index in [0.29, 0.717) is 35.7 Å². The van der Waals surface area contributed by atoms with Crippen LogP contribution in [0, 0.1) is 19.8 Å². The molecule has 1 atom stereocenters. The van der Waals surface area contributed by atoms with Crippen LogP contribution in [0.1, 0.15) is 55.8 Å². The summed E-state index contributed by atoms with van der Waals surface area (Å²) < 4.78 is 16.6. The summed E-state index contributed by atoms with van der Waals surface area (Å²) >= 11 is 0. The monoisotopic (exact) mass is 490 g/mol. The van der Waals surface area contributed by atoms with Gasteiger partial charge in [0.1, 0.15) is 0 Å². The van der Waals surface area contributed by atoms with Gasteiger partial charge < -0.3 is 19.3 Å². The van der Waals surface area contributed by atoms with Gasteiger partial charge in [-0.3, -0.25) is 4.90 Å². The topological polar surface area (TPSA) is 89.7 Å². The summed E-state index contributed by atoms with van der Waals surface area (Å²) in [6.07, 6.45) is 0.882. The van der Waals surface area contributed by atoms with Crippen molar-refractivity contribution in [1.82, 2.24) is 20.4 Å². The third kappa shape index (κ3) is 4.94. The first-order chi connectivity index (χ1) is 17.2. The molecule has 0 saturated heterocycles. The summed E-state index contributed by atoms with van der Waals surface area (Å²) in [6.45, 7) is 11.0. The van der Waals surface area contributed by atoms with Gasteiger partial charge in [0, 0.05) is 17.8 Å². The van der Waals surface area contributed by atoms with Gasteiger partial charge in [-0.1, -0.05) is 37.2 Å². The fourth-order valence-corrected chi connectivity index (χ4v) is 4.33. The maximum Gasteiger partial charge on any atom is 0.322 e. The maximum atomic E-state index is 13.2. The highest BCUT2D eigenvalue weighted by Gasteiger charge is 2.35. The molecule has 0 fully saturated rings. The summed E-state index contributed by atoms with van der Waals surface area (Å²) in [5, 5.41) is 7.44. The fraction of sp³-hybridized carbons (Fsp3) is 0.393. The minimum absolute atomic E-state index is 0.125. The van der Waals surface area contributed by atoms with Gasteiger partial charge in [-0.15, -0.1) is 0 Å². The van der Waals surface area contributed by atoms with Crippen LogP contribution in [-0.2, 0) is 0 Å². The molecule has 2 heterocycles. The first-order valence-corrected chi connectivity index (χ1v) is 12.2. The van der Waals surface area contributed by atoms with Gasteiger partial charge in [-0.2, -0.15) is 4.98 Å². The zero-order valence-electron chi connectivity index (χ0n) is 22.0. The number of rotatable bonds is 8. The Bertz CT molecular complexity index is 1290. The van der Waals surface area contributed by atoms with E-state index in [1.165, 1.54) is 5.56 Å². The van der Waals surface area contributed by atoms with E-state index in [4.69, 9.17) is 19.0 Å². The maximum absolute atomic E-state index is 13.2. The average Bonchev–Trinajstić information content (AvgIpc) is 3.34. The molecule has 1 unspecified atom stereocenters. The molecule has 0 radical (unpaired) electrons. The first-order valence-electron chi connectivity index (χ1n) is 12.2. The van der Waals surface area contributed by atoms with E-state index in [1.807, 2.05) is 25.1 Å². The Morgan fingerprint density at radius 2 is 1.78 bits per heavy atom. The summed E-state index contributed by atoms with van der Waals surface area (Å²) in [4.78, 5) is 19.7. The standard InChI is InChI=1S/C28H34N4O4/c1-16(2)12-13-32-19(5)24(25(29-28(32)33)20-9-8-17(3)18(4)14-20)27-30-26(31-36-27)21-10-11-22(34-6)23(15-21)35-7/h8-11,14-16,25H,12-13H2,1-7H3,(H,29,33). The van der Waals surface area contributed by atoms with Gasteiger partial charge in [0.15, 0.2) is 11.5 Å². The minimum atomic E-state index is -0.411. The zero-order valence-corrected chi connectivity index (χ0v) is 22.0. The third-order valence-electron chi connectivity index (χ3n) is 6.69. The number of allylic oxidation sites excluding steroid dienone is 1. The Labute approximate surface area is 212 Å². The molecule has 1 aliphatic rings. The Balaban J connectivity index is 1.80. The second kappa shape index (κ2) is 10.4. The minimum Gasteiger partial charge on any atom is -0.493 e. The summed E-state index contributed by atoms with van der Waals surface area (Å²) in [6, 6.07) is 11.1. The number of nitrogens with one attached hydrogen (secondary N) is 1. The highest BCUT2D eigenvalue weighted by Crippen LogP contribution is 2.38. The summed E-state index contributed by atoms with van der Waals surface area (Å²) in [5.74, 6) is 2.46. The molecular weight excluding hydrogens is 456 g/mol. The molecule has 2 amide bonds. The van der Waals surface area contributed by atoms with Gasteiger partial charge in [0.2, 0.25) is 5.82 Å². The average molecular weight is 491 g/mol. The van der Waals surface area contributed by atoms with E-state index >= 15 is 0 Å². The van der Waals surface area contributed by atoms with E-state index in [9.17, 15) is 4.79 Å². The van der Waals surface area contributed by atoms with Crippen LogP contribution >= 0.6 is 0 Å². The fourth-order valence-electron chi connectivity index (χ4n) is 4.33. The quantitative estimate of drug-likeness (QED) is 0.422. The Kier molecular flexibility index (Phi) is 7.33. The van der Waals surface area contributed by atoms with Crippen molar-refractivity contribution in [2.24, 2.45) is 5.92 Å². The SMILES string of the molecule is COc1ccc(-c2noc(C3=C(C)N(CCC(C)C)C(=O)NC3c3ccc(C)c(C)c3)n2)cc1OC. The molecule has 1 aliphatic heterocycles. The highest BCUT2D eigenvalue weighted by molar-refractivity contribution is 5.87. The number of methoxy groups -OCH3 is 2. The van der Waals surface area contributed by atoms with Crippen molar-refractivity contribution in [1.29, 1.82) is 0 Å². The van der Waals surface area contributed by atoms with E-state index in [-0.39, 0.29) is 6.03 Å². The molecule has 0 bridgehead atoms. The lowest BCUT2D eigenvalue weighted by Crippen LogP contribution is -2.46. The van der Waals surface area contributed by atoms with Gasteiger partial charge in [-0.25, -0.2) is 4.79 Å². The lowest BCUT2D eigenvalue weighted by molar-refractivity contribution is 0.202. The van der Waals surface area contributed by atoms with Crippen LogP contribution in [0.3, 0.4) is 0 Å². The number of hydrogen-bond acceptors (Lipinski definition) is 6. The van der Waals surface area contributed by atoms with Crippen molar-refractivity contribution in [2.45, 2.75) is 47.1 Å². The van der Waals surface area contributed by atoms with Crippen LogP contribution in [0.15, 0.2) is 46.6 Å². The molecule has 1 N–H and O–H groups in total. The van der Waals surface area contributed by atoms with Crippen molar-refractivity contribution < 1.29 is 18.8 Å². The molecule has 0 aliphatic carbocycles. The van der Waals surface area contributed by atoms with Crippen LogP contribution in [0.25, 0.3) is 17.0 Å². The number of amides is 2. The van der Waals surface area contributed by atoms with E-state index in [1.54, 1.807) is 25.2 Å². The van der Waals surface area contributed by atoms with Crippen molar-refractivity contribution in [2.75, 3.05) is 20.8 Å². The van der Waals surface area contributed by atoms with Crippen LogP contribution in [0.5, 0.6) is 11.5 Å². The first kappa shape index (κ1) is 25.3. The number of hydrogen-bond donors (Lipinski definition) is 1. The van der Waals surface area contributed by atoms with Gasteiger partial charge in [0.25, 0.3) is 5.89 Å². The second-order valence-corrected chi connectivity index (χ2v) is 9.55. The van der Waals surface area contributed by atoms with Crippen LogP contribution < -0.4 is 14.8 Å². The number of benzene rings is 2. The summed E-state index contributed by atoms with van der Waals surface area (Å²) in [5.41, 5.74) is 5.65. The third-order valence-corrected chi connectivity index (χ3v) is 6.69. The number of urea groups is 1.